The molecule has 7 heteroatoms. The van der Waals surface area contributed by atoms with Gasteiger partial charge in [0.15, 0.2) is 5.96 Å². The molecule has 1 aliphatic carbocycles. The first-order chi connectivity index (χ1) is 12.5. The van der Waals surface area contributed by atoms with Crippen molar-refractivity contribution in [2.45, 2.75) is 51.7 Å². The molecular formula is C20H33FIN3O2. The molecule has 27 heavy (non-hydrogen) atoms. The third-order valence-electron chi connectivity index (χ3n) is 5.20. The molecule has 0 aromatic heterocycles. The highest BCUT2D eigenvalue weighted by molar-refractivity contribution is 14.0. The minimum absolute atomic E-state index is 0. The van der Waals surface area contributed by atoms with Gasteiger partial charge in [-0.15, -0.1) is 24.0 Å². The molecule has 1 aliphatic rings. The van der Waals surface area contributed by atoms with Gasteiger partial charge in [-0.1, -0.05) is 31.9 Å². The van der Waals surface area contributed by atoms with E-state index in [0.29, 0.717) is 19.0 Å². The molecule has 1 fully saturated rings. The number of halogens is 2. The summed E-state index contributed by atoms with van der Waals surface area (Å²) in [6.45, 7) is 5.98. The van der Waals surface area contributed by atoms with Gasteiger partial charge >= 0.3 is 0 Å². The van der Waals surface area contributed by atoms with Gasteiger partial charge < -0.3 is 20.5 Å². The van der Waals surface area contributed by atoms with Crippen LogP contribution >= 0.6 is 24.0 Å². The molecule has 0 amide bonds. The SMILES string of the molecule is CCNC(=NCC1(C)CCCCC1O)NCC(OC)c1ccc(F)cc1.I. The number of nitrogens with one attached hydrogen (secondary N) is 2. The van der Waals surface area contributed by atoms with E-state index in [9.17, 15) is 9.50 Å². The second kappa shape index (κ2) is 11.8. The van der Waals surface area contributed by atoms with Gasteiger partial charge in [0.05, 0.1) is 18.8 Å². The lowest BCUT2D eigenvalue weighted by Crippen LogP contribution is -2.42. The van der Waals surface area contributed by atoms with Crippen molar-refractivity contribution in [3.05, 3.63) is 35.6 Å². The fourth-order valence-electron chi connectivity index (χ4n) is 3.37. The smallest absolute Gasteiger partial charge is 0.191 e. The van der Waals surface area contributed by atoms with Crippen LogP contribution in [-0.4, -0.2) is 43.9 Å². The Bertz CT molecular complexity index is 585. The van der Waals surface area contributed by atoms with E-state index in [1.54, 1.807) is 19.2 Å². The fraction of sp³-hybridized carbons (Fsp3) is 0.650. The molecule has 2 rings (SSSR count). The average molecular weight is 493 g/mol. The van der Waals surface area contributed by atoms with Gasteiger partial charge in [0.2, 0.25) is 0 Å². The number of hydrogen-bond donors (Lipinski definition) is 3. The van der Waals surface area contributed by atoms with Crippen molar-refractivity contribution >= 4 is 29.9 Å². The summed E-state index contributed by atoms with van der Waals surface area (Å²) in [4.78, 5) is 4.69. The van der Waals surface area contributed by atoms with Crippen molar-refractivity contribution in [2.75, 3.05) is 26.7 Å². The molecule has 0 saturated heterocycles. The number of hydrogen-bond acceptors (Lipinski definition) is 3. The highest BCUT2D eigenvalue weighted by Gasteiger charge is 2.35. The molecule has 3 unspecified atom stereocenters. The van der Waals surface area contributed by atoms with Crippen LogP contribution in [0.1, 0.15) is 51.2 Å². The van der Waals surface area contributed by atoms with E-state index in [2.05, 4.69) is 17.6 Å². The molecule has 0 bridgehead atoms. The number of ether oxygens (including phenoxy) is 1. The van der Waals surface area contributed by atoms with Gasteiger partial charge in [-0.2, -0.15) is 0 Å². The molecule has 0 spiro atoms. The average Bonchev–Trinajstić information content (AvgIpc) is 2.64. The first-order valence-electron chi connectivity index (χ1n) is 9.47. The number of rotatable bonds is 7. The molecule has 5 nitrogen and oxygen atoms in total. The van der Waals surface area contributed by atoms with Crippen molar-refractivity contribution in [3.8, 4) is 0 Å². The number of aliphatic imine (C=N–C) groups is 1. The van der Waals surface area contributed by atoms with Gasteiger partial charge in [-0.25, -0.2) is 4.39 Å². The largest absolute Gasteiger partial charge is 0.392 e. The number of nitrogens with zero attached hydrogens (tertiary/aromatic N) is 1. The summed E-state index contributed by atoms with van der Waals surface area (Å²) in [6.07, 6.45) is 3.58. The summed E-state index contributed by atoms with van der Waals surface area (Å²) < 4.78 is 18.6. The van der Waals surface area contributed by atoms with E-state index in [1.165, 1.54) is 12.1 Å². The quantitative estimate of drug-likeness (QED) is 0.309. The minimum atomic E-state index is -0.297. The Balaban J connectivity index is 0.00000364. The van der Waals surface area contributed by atoms with E-state index in [0.717, 1.165) is 37.8 Å². The molecule has 3 atom stereocenters. The van der Waals surface area contributed by atoms with Crippen LogP contribution in [0.15, 0.2) is 29.3 Å². The van der Waals surface area contributed by atoms with Crippen LogP contribution in [0.5, 0.6) is 0 Å². The van der Waals surface area contributed by atoms with Crippen LogP contribution in [0.3, 0.4) is 0 Å². The van der Waals surface area contributed by atoms with Crippen LogP contribution < -0.4 is 10.6 Å². The fourth-order valence-corrected chi connectivity index (χ4v) is 3.37. The highest BCUT2D eigenvalue weighted by Crippen LogP contribution is 2.36. The van der Waals surface area contributed by atoms with Crippen LogP contribution in [0.25, 0.3) is 0 Å². The number of methoxy groups -OCH3 is 1. The Labute approximate surface area is 179 Å². The molecule has 154 valence electrons. The van der Waals surface area contributed by atoms with Crippen LogP contribution in [-0.2, 0) is 4.74 Å². The third kappa shape index (κ3) is 7.19. The Morgan fingerprint density at radius 2 is 2.04 bits per heavy atom. The number of aliphatic hydroxyl groups excluding tert-OH is 1. The van der Waals surface area contributed by atoms with Crippen molar-refractivity contribution in [1.82, 2.24) is 10.6 Å². The summed E-state index contributed by atoms with van der Waals surface area (Å²) in [6, 6.07) is 6.33. The molecule has 3 N–H and O–H groups in total. The number of guanidine groups is 1. The zero-order chi connectivity index (χ0) is 19.0. The monoisotopic (exact) mass is 493 g/mol. The number of benzene rings is 1. The summed E-state index contributed by atoms with van der Waals surface area (Å²) in [5.74, 6) is 0.446. The highest BCUT2D eigenvalue weighted by atomic mass is 127. The zero-order valence-electron chi connectivity index (χ0n) is 16.5. The topological polar surface area (TPSA) is 65.9 Å². The van der Waals surface area contributed by atoms with Gasteiger partial charge in [0.25, 0.3) is 0 Å². The van der Waals surface area contributed by atoms with E-state index >= 15 is 0 Å². The van der Waals surface area contributed by atoms with Crippen LogP contribution in [0.2, 0.25) is 0 Å². The standard InChI is InChI=1S/C20H32FN3O2.HI/c1-4-22-19(24-14-20(2)12-6-5-7-18(20)25)23-13-17(26-3)15-8-10-16(21)11-9-15;/h8-11,17-18,25H,4-7,12-14H2,1-3H3,(H2,22,23,24);1H. The van der Waals surface area contributed by atoms with E-state index in [-0.39, 0.29) is 47.4 Å². The van der Waals surface area contributed by atoms with Crippen molar-refractivity contribution in [1.29, 1.82) is 0 Å². The predicted octanol–water partition coefficient (Wildman–Crippen LogP) is 3.63. The maximum atomic E-state index is 13.1. The van der Waals surface area contributed by atoms with Crippen molar-refractivity contribution < 1.29 is 14.2 Å². The predicted molar refractivity (Wildman–Crippen MR) is 118 cm³/mol. The number of aliphatic hydroxyl groups is 1. The van der Waals surface area contributed by atoms with E-state index in [4.69, 9.17) is 9.73 Å². The Hall–Kier alpha value is -0.930. The third-order valence-corrected chi connectivity index (χ3v) is 5.20. The Morgan fingerprint density at radius 1 is 1.33 bits per heavy atom. The maximum Gasteiger partial charge on any atom is 0.191 e. The normalized spacial score (nSPS) is 24.0. The van der Waals surface area contributed by atoms with Crippen molar-refractivity contribution in [2.24, 2.45) is 10.4 Å². The lowest BCUT2D eigenvalue weighted by atomic mass is 9.73. The summed E-state index contributed by atoms with van der Waals surface area (Å²) in [5.41, 5.74) is 0.741. The second-order valence-electron chi connectivity index (χ2n) is 7.27. The Morgan fingerprint density at radius 3 is 2.63 bits per heavy atom. The molecule has 0 radical (unpaired) electrons. The lowest BCUT2D eigenvalue weighted by Gasteiger charge is -2.37. The summed E-state index contributed by atoms with van der Waals surface area (Å²) >= 11 is 0. The molecule has 1 saturated carbocycles. The van der Waals surface area contributed by atoms with Gasteiger partial charge in [0.1, 0.15) is 5.82 Å². The first-order valence-corrected chi connectivity index (χ1v) is 9.47. The maximum absolute atomic E-state index is 13.1. The van der Waals surface area contributed by atoms with Crippen LogP contribution in [0, 0.1) is 11.2 Å². The molecular weight excluding hydrogens is 460 g/mol. The minimum Gasteiger partial charge on any atom is -0.392 e. The van der Waals surface area contributed by atoms with Gasteiger partial charge in [0, 0.05) is 25.6 Å². The Kier molecular flexibility index (Phi) is 10.5. The molecule has 0 heterocycles. The lowest BCUT2D eigenvalue weighted by molar-refractivity contribution is 0.00714. The van der Waals surface area contributed by atoms with Gasteiger partial charge in [-0.3, -0.25) is 4.99 Å². The molecule has 1 aromatic rings. The summed E-state index contributed by atoms with van der Waals surface area (Å²) in [5, 5.41) is 16.9. The molecule has 1 aromatic carbocycles. The van der Waals surface area contributed by atoms with Crippen molar-refractivity contribution in [3.63, 3.8) is 0 Å². The van der Waals surface area contributed by atoms with E-state index in [1.807, 2.05) is 6.92 Å². The van der Waals surface area contributed by atoms with Gasteiger partial charge in [-0.05, 0) is 37.5 Å². The van der Waals surface area contributed by atoms with E-state index < -0.39 is 0 Å². The zero-order valence-corrected chi connectivity index (χ0v) is 18.8. The summed E-state index contributed by atoms with van der Waals surface area (Å²) in [7, 11) is 1.64. The van der Waals surface area contributed by atoms with Crippen LogP contribution in [0.4, 0.5) is 4.39 Å². The molecule has 0 aliphatic heterocycles. The first kappa shape index (κ1) is 24.1. The second-order valence-corrected chi connectivity index (χ2v) is 7.27.